The van der Waals surface area contributed by atoms with E-state index < -0.39 is 0 Å². The van der Waals surface area contributed by atoms with Crippen molar-refractivity contribution in [2.24, 2.45) is 11.7 Å². The van der Waals surface area contributed by atoms with Gasteiger partial charge in [-0.25, -0.2) is 0 Å². The van der Waals surface area contributed by atoms with Gasteiger partial charge in [-0.2, -0.15) is 0 Å². The molecule has 0 aromatic heterocycles. The van der Waals surface area contributed by atoms with E-state index in [2.05, 4.69) is 5.32 Å². The van der Waals surface area contributed by atoms with Gasteiger partial charge in [0.15, 0.2) is 0 Å². The number of nitrogens with two attached hydrogens (primary N) is 1. The summed E-state index contributed by atoms with van der Waals surface area (Å²) in [6.45, 7) is 1.52. The van der Waals surface area contributed by atoms with E-state index in [1.165, 1.54) is 39.0 Å². The normalized spacial score (nSPS) is 21.8. The second-order valence-electron chi connectivity index (χ2n) is 3.62. The zero-order chi connectivity index (χ0) is 8.97. The molecule has 3 nitrogen and oxygen atoms in total. The summed E-state index contributed by atoms with van der Waals surface area (Å²) >= 11 is 0. The second kappa shape index (κ2) is 4.45. The van der Waals surface area contributed by atoms with Crippen molar-refractivity contribution in [2.45, 2.75) is 45.2 Å². The molecular weight excluding hydrogens is 152 g/mol. The Hall–Kier alpha value is -0.570. The molecule has 1 amide bonds. The molecule has 3 heteroatoms. The molecule has 0 saturated heterocycles. The summed E-state index contributed by atoms with van der Waals surface area (Å²) in [4.78, 5) is 10.7. The molecule has 1 fully saturated rings. The van der Waals surface area contributed by atoms with Crippen molar-refractivity contribution in [1.82, 2.24) is 5.32 Å². The first kappa shape index (κ1) is 9.52. The molecule has 3 N–H and O–H groups in total. The Balaban J connectivity index is 2.29. The second-order valence-corrected chi connectivity index (χ2v) is 3.62. The number of carbonyl (C=O) groups is 1. The van der Waals surface area contributed by atoms with Crippen molar-refractivity contribution in [3.63, 3.8) is 0 Å². The van der Waals surface area contributed by atoms with Crippen molar-refractivity contribution in [2.75, 3.05) is 0 Å². The Kier molecular flexibility index (Phi) is 3.53. The van der Waals surface area contributed by atoms with Crippen molar-refractivity contribution in [3.8, 4) is 0 Å². The predicted molar refractivity (Wildman–Crippen MR) is 48.4 cm³/mol. The zero-order valence-corrected chi connectivity index (χ0v) is 7.68. The first-order valence-electron chi connectivity index (χ1n) is 4.73. The predicted octanol–water partition coefficient (Wildman–Crippen LogP) is 0.988. The van der Waals surface area contributed by atoms with Crippen LogP contribution in [-0.2, 0) is 4.79 Å². The third kappa shape index (κ3) is 2.81. The van der Waals surface area contributed by atoms with Crippen LogP contribution in [0.2, 0.25) is 0 Å². The molecule has 12 heavy (non-hydrogen) atoms. The molecule has 1 rings (SSSR count). The molecule has 1 aliphatic carbocycles. The van der Waals surface area contributed by atoms with Gasteiger partial charge >= 0.3 is 0 Å². The summed E-state index contributed by atoms with van der Waals surface area (Å²) in [6, 6.07) is 0. The minimum atomic E-state index is -0.122. The lowest BCUT2D eigenvalue weighted by Crippen LogP contribution is -2.46. The number of hydrogen-bond acceptors (Lipinski definition) is 2. The molecule has 0 aliphatic heterocycles. The highest BCUT2D eigenvalue weighted by Gasteiger charge is 2.20. The van der Waals surface area contributed by atoms with Gasteiger partial charge in [0.05, 0.1) is 6.17 Å². The summed E-state index contributed by atoms with van der Waals surface area (Å²) in [7, 11) is 0. The quantitative estimate of drug-likeness (QED) is 0.607. The summed E-state index contributed by atoms with van der Waals surface area (Å²) in [5.41, 5.74) is 5.82. The lowest BCUT2D eigenvalue weighted by atomic mass is 9.87. The number of rotatable bonds is 2. The molecule has 1 unspecified atom stereocenters. The van der Waals surface area contributed by atoms with Gasteiger partial charge in [0.1, 0.15) is 0 Å². The summed E-state index contributed by atoms with van der Waals surface area (Å²) in [5.74, 6) is 0.482. The molecule has 1 atom stereocenters. The van der Waals surface area contributed by atoms with Crippen LogP contribution in [0.15, 0.2) is 0 Å². The Morgan fingerprint density at radius 2 is 2.00 bits per heavy atom. The lowest BCUT2D eigenvalue weighted by molar-refractivity contribution is -0.120. The number of hydrogen-bond donors (Lipinski definition) is 2. The Labute approximate surface area is 73.7 Å². The first-order chi connectivity index (χ1) is 5.70. The van der Waals surface area contributed by atoms with E-state index in [1.54, 1.807) is 0 Å². The van der Waals surface area contributed by atoms with Gasteiger partial charge in [0.2, 0.25) is 5.91 Å². The topological polar surface area (TPSA) is 55.1 Å². The van der Waals surface area contributed by atoms with E-state index >= 15 is 0 Å². The van der Waals surface area contributed by atoms with Gasteiger partial charge in [0, 0.05) is 6.92 Å². The van der Waals surface area contributed by atoms with Gasteiger partial charge in [-0.15, -0.1) is 0 Å². The average molecular weight is 170 g/mol. The molecule has 0 bridgehead atoms. The third-order valence-corrected chi connectivity index (χ3v) is 2.53. The molecule has 0 aromatic rings. The minimum Gasteiger partial charge on any atom is -0.341 e. The van der Waals surface area contributed by atoms with Crippen molar-refractivity contribution in [1.29, 1.82) is 0 Å². The highest BCUT2D eigenvalue weighted by molar-refractivity contribution is 5.73. The van der Waals surface area contributed by atoms with Gasteiger partial charge in [-0.3, -0.25) is 4.79 Å². The minimum absolute atomic E-state index is 0.0203. The van der Waals surface area contributed by atoms with Gasteiger partial charge < -0.3 is 11.1 Å². The maximum absolute atomic E-state index is 10.7. The highest BCUT2D eigenvalue weighted by atomic mass is 16.1. The molecule has 0 aromatic carbocycles. The van der Waals surface area contributed by atoms with Crippen LogP contribution in [0, 0.1) is 5.92 Å². The Morgan fingerprint density at radius 1 is 1.42 bits per heavy atom. The van der Waals surface area contributed by atoms with Crippen LogP contribution in [-0.4, -0.2) is 12.1 Å². The van der Waals surface area contributed by atoms with E-state index in [-0.39, 0.29) is 12.1 Å². The van der Waals surface area contributed by atoms with Crippen LogP contribution >= 0.6 is 0 Å². The zero-order valence-electron chi connectivity index (χ0n) is 7.68. The monoisotopic (exact) mass is 170 g/mol. The number of amides is 1. The van der Waals surface area contributed by atoms with Crippen LogP contribution < -0.4 is 11.1 Å². The number of nitrogens with one attached hydrogen (secondary N) is 1. The SMILES string of the molecule is CC(=O)NC(N)C1CCCCC1. The Morgan fingerprint density at radius 3 is 2.50 bits per heavy atom. The average Bonchev–Trinajstić information content (AvgIpc) is 2.05. The summed E-state index contributed by atoms with van der Waals surface area (Å²) in [5, 5.41) is 2.75. The largest absolute Gasteiger partial charge is 0.341 e. The number of carbonyl (C=O) groups excluding carboxylic acids is 1. The van der Waals surface area contributed by atoms with Crippen molar-refractivity contribution < 1.29 is 4.79 Å². The summed E-state index contributed by atoms with van der Waals surface area (Å²) < 4.78 is 0. The van der Waals surface area contributed by atoms with Crippen LogP contribution in [0.5, 0.6) is 0 Å². The van der Waals surface area contributed by atoms with Crippen LogP contribution in [0.4, 0.5) is 0 Å². The van der Waals surface area contributed by atoms with Crippen LogP contribution in [0.1, 0.15) is 39.0 Å². The Bertz CT molecular complexity index is 153. The molecule has 0 spiro atoms. The molecule has 1 saturated carbocycles. The van der Waals surface area contributed by atoms with E-state index in [0.29, 0.717) is 5.92 Å². The molecule has 1 aliphatic rings. The maximum atomic E-state index is 10.7. The van der Waals surface area contributed by atoms with E-state index in [0.717, 1.165) is 0 Å². The van der Waals surface area contributed by atoms with Gasteiger partial charge in [-0.1, -0.05) is 19.3 Å². The van der Waals surface area contributed by atoms with Gasteiger partial charge in [-0.05, 0) is 18.8 Å². The molecule has 0 radical (unpaired) electrons. The fraction of sp³-hybridized carbons (Fsp3) is 0.889. The smallest absolute Gasteiger partial charge is 0.218 e. The van der Waals surface area contributed by atoms with Crippen LogP contribution in [0.25, 0.3) is 0 Å². The van der Waals surface area contributed by atoms with E-state index in [1.807, 2.05) is 0 Å². The summed E-state index contributed by atoms with van der Waals surface area (Å²) in [6.07, 6.45) is 6.06. The fourth-order valence-electron chi connectivity index (χ4n) is 1.85. The molecule has 0 heterocycles. The van der Waals surface area contributed by atoms with Crippen LogP contribution in [0.3, 0.4) is 0 Å². The van der Waals surface area contributed by atoms with E-state index in [9.17, 15) is 4.79 Å². The fourth-order valence-corrected chi connectivity index (χ4v) is 1.85. The highest BCUT2D eigenvalue weighted by Crippen LogP contribution is 2.24. The third-order valence-electron chi connectivity index (χ3n) is 2.53. The van der Waals surface area contributed by atoms with Crippen molar-refractivity contribution >= 4 is 5.91 Å². The van der Waals surface area contributed by atoms with Gasteiger partial charge in [0.25, 0.3) is 0 Å². The maximum Gasteiger partial charge on any atom is 0.218 e. The first-order valence-corrected chi connectivity index (χ1v) is 4.73. The van der Waals surface area contributed by atoms with Crippen molar-refractivity contribution in [3.05, 3.63) is 0 Å². The lowest BCUT2D eigenvalue weighted by Gasteiger charge is -2.27. The molecule has 70 valence electrons. The molecular formula is C9H18N2O. The standard InChI is InChI=1S/C9H18N2O/c1-7(12)11-9(10)8-5-3-2-4-6-8/h8-9H,2-6,10H2,1H3,(H,11,12). The van der Waals surface area contributed by atoms with E-state index in [4.69, 9.17) is 5.73 Å².